The molecule has 0 spiro atoms. The van der Waals surface area contributed by atoms with E-state index in [9.17, 15) is 9.59 Å². The Hall–Kier alpha value is -1.76. The smallest absolute Gasteiger partial charge is 0.343 e. The third kappa shape index (κ3) is 3.41. The van der Waals surface area contributed by atoms with E-state index in [1.807, 2.05) is 13.8 Å². The van der Waals surface area contributed by atoms with Gasteiger partial charge in [0.05, 0.1) is 12.8 Å². The van der Waals surface area contributed by atoms with Crippen molar-refractivity contribution in [3.8, 4) is 0 Å². The van der Waals surface area contributed by atoms with Gasteiger partial charge >= 0.3 is 5.97 Å². The maximum atomic E-state index is 12.1. The molecule has 0 saturated carbocycles. The van der Waals surface area contributed by atoms with E-state index in [1.165, 1.54) is 23.3 Å². The molecular weight excluding hydrogens is 278 g/mol. The van der Waals surface area contributed by atoms with Crippen molar-refractivity contribution in [2.24, 2.45) is 5.92 Å². The number of amides is 1. The normalized spacial score (nSPS) is 10.5. The second-order valence-corrected chi connectivity index (χ2v) is 6.04. The first-order valence-electron chi connectivity index (χ1n) is 6.25. The maximum Gasteiger partial charge on any atom is 0.343 e. The van der Waals surface area contributed by atoms with Crippen LogP contribution in [0.1, 0.15) is 33.9 Å². The summed E-state index contributed by atoms with van der Waals surface area (Å²) in [7, 11) is 4.57. The van der Waals surface area contributed by atoms with E-state index < -0.39 is 5.97 Å². The number of hydrogen-bond acceptors (Lipinski definition) is 6. The predicted octanol–water partition coefficient (Wildman–Crippen LogP) is 1.89. The lowest BCUT2D eigenvalue weighted by Crippen LogP contribution is -2.21. The molecule has 1 aromatic rings. The zero-order chi connectivity index (χ0) is 15.4. The highest BCUT2D eigenvalue weighted by Gasteiger charge is 2.26. The summed E-state index contributed by atoms with van der Waals surface area (Å²) in [6.45, 7) is 4.78. The molecule has 1 aromatic heterocycles. The van der Waals surface area contributed by atoms with E-state index >= 15 is 0 Å². The quantitative estimate of drug-likeness (QED) is 0.811. The SMILES string of the molecule is COC(=O)c1c(NCC(C)C)sc(C(=O)N(C)C)c1N. The molecule has 0 unspecified atom stereocenters. The van der Waals surface area contributed by atoms with Gasteiger partial charge in [0.25, 0.3) is 5.91 Å². The Morgan fingerprint density at radius 3 is 2.45 bits per heavy atom. The molecule has 3 N–H and O–H groups in total. The van der Waals surface area contributed by atoms with Gasteiger partial charge in [-0.3, -0.25) is 4.79 Å². The third-order valence-electron chi connectivity index (χ3n) is 2.61. The molecule has 1 heterocycles. The second-order valence-electron chi connectivity index (χ2n) is 5.01. The zero-order valence-electron chi connectivity index (χ0n) is 12.4. The van der Waals surface area contributed by atoms with Gasteiger partial charge in [-0.25, -0.2) is 4.79 Å². The summed E-state index contributed by atoms with van der Waals surface area (Å²) >= 11 is 1.18. The highest BCUT2D eigenvalue weighted by Crippen LogP contribution is 2.36. The molecule has 1 amide bonds. The van der Waals surface area contributed by atoms with Crippen LogP contribution in [0.2, 0.25) is 0 Å². The molecule has 0 saturated heterocycles. The first kappa shape index (κ1) is 16.3. The summed E-state index contributed by atoms with van der Waals surface area (Å²) in [6.07, 6.45) is 0. The van der Waals surface area contributed by atoms with Gasteiger partial charge in [0.15, 0.2) is 0 Å². The number of carbonyl (C=O) groups excluding carboxylic acids is 2. The molecule has 112 valence electrons. The van der Waals surface area contributed by atoms with Crippen LogP contribution in [0.5, 0.6) is 0 Å². The van der Waals surface area contributed by atoms with Crippen molar-refractivity contribution in [3.63, 3.8) is 0 Å². The molecule has 0 aromatic carbocycles. The minimum atomic E-state index is -0.539. The first-order valence-corrected chi connectivity index (χ1v) is 7.07. The van der Waals surface area contributed by atoms with Gasteiger partial charge in [-0.05, 0) is 5.92 Å². The fourth-order valence-electron chi connectivity index (χ4n) is 1.53. The van der Waals surface area contributed by atoms with Crippen LogP contribution >= 0.6 is 11.3 Å². The van der Waals surface area contributed by atoms with E-state index in [-0.39, 0.29) is 17.2 Å². The largest absolute Gasteiger partial charge is 0.465 e. The van der Waals surface area contributed by atoms with Gasteiger partial charge in [0, 0.05) is 20.6 Å². The van der Waals surface area contributed by atoms with Crippen molar-refractivity contribution in [2.45, 2.75) is 13.8 Å². The Bertz CT molecular complexity index is 509. The minimum Gasteiger partial charge on any atom is -0.465 e. The van der Waals surface area contributed by atoms with Gasteiger partial charge in [0.1, 0.15) is 15.4 Å². The number of ether oxygens (including phenoxy) is 1. The van der Waals surface area contributed by atoms with E-state index in [0.717, 1.165) is 0 Å². The molecule has 0 atom stereocenters. The van der Waals surface area contributed by atoms with Gasteiger partial charge in [0.2, 0.25) is 0 Å². The Morgan fingerprint density at radius 2 is 2.00 bits per heavy atom. The number of methoxy groups -OCH3 is 1. The summed E-state index contributed by atoms with van der Waals surface area (Å²) in [4.78, 5) is 25.7. The molecule has 20 heavy (non-hydrogen) atoms. The van der Waals surface area contributed by atoms with Gasteiger partial charge < -0.3 is 20.7 Å². The molecule has 7 heteroatoms. The van der Waals surface area contributed by atoms with Gasteiger partial charge in [-0.1, -0.05) is 13.8 Å². The van der Waals surface area contributed by atoms with Crippen LogP contribution in [0, 0.1) is 5.92 Å². The number of carbonyl (C=O) groups is 2. The highest BCUT2D eigenvalue weighted by molar-refractivity contribution is 7.19. The van der Waals surface area contributed by atoms with Gasteiger partial charge in [-0.15, -0.1) is 11.3 Å². The Labute approximate surface area is 122 Å². The molecule has 0 aliphatic carbocycles. The van der Waals surface area contributed by atoms with Crippen molar-refractivity contribution in [3.05, 3.63) is 10.4 Å². The zero-order valence-corrected chi connectivity index (χ0v) is 13.3. The first-order chi connectivity index (χ1) is 9.29. The standard InChI is InChI=1S/C13H21N3O3S/c1-7(2)6-15-11-8(13(18)19-5)9(14)10(20-11)12(17)16(3)4/h7,15H,6,14H2,1-5H3. The van der Waals surface area contributed by atoms with Crippen LogP contribution in [-0.4, -0.2) is 44.5 Å². The second kappa shape index (κ2) is 6.60. The number of esters is 1. The number of nitrogen functional groups attached to an aromatic ring is 1. The average Bonchev–Trinajstić information content (AvgIpc) is 2.71. The summed E-state index contributed by atoms with van der Waals surface area (Å²) in [6, 6.07) is 0. The Kier molecular flexibility index (Phi) is 5.38. The molecule has 0 fully saturated rings. The van der Waals surface area contributed by atoms with Crippen molar-refractivity contribution in [1.82, 2.24) is 4.90 Å². The number of nitrogens with two attached hydrogens (primary N) is 1. The Morgan fingerprint density at radius 1 is 1.40 bits per heavy atom. The minimum absolute atomic E-state index is 0.173. The highest BCUT2D eigenvalue weighted by atomic mass is 32.1. The predicted molar refractivity (Wildman–Crippen MR) is 81.4 cm³/mol. The lowest BCUT2D eigenvalue weighted by atomic mass is 10.2. The summed E-state index contributed by atoms with van der Waals surface area (Å²) in [5.41, 5.74) is 6.36. The Balaban J connectivity index is 3.24. The number of nitrogens with one attached hydrogen (secondary N) is 1. The van der Waals surface area contributed by atoms with Crippen LogP contribution in [0.25, 0.3) is 0 Å². The van der Waals surface area contributed by atoms with Crippen molar-refractivity contribution in [1.29, 1.82) is 0 Å². The van der Waals surface area contributed by atoms with E-state index in [0.29, 0.717) is 22.3 Å². The van der Waals surface area contributed by atoms with E-state index in [1.54, 1.807) is 14.1 Å². The summed E-state index contributed by atoms with van der Waals surface area (Å²) < 4.78 is 4.74. The number of nitrogens with zero attached hydrogens (tertiary/aromatic N) is 1. The number of thiophene rings is 1. The molecule has 0 radical (unpaired) electrons. The fourth-order valence-corrected chi connectivity index (χ4v) is 2.67. The monoisotopic (exact) mass is 299 g/mol. The molecule has 0 aliphatic heterocycles. The van der Waals surface area contributed by atoms with E-state index in [4.69, 9.17) is 10.5 Å². The average molecular weight is 299 g/mol. The van der Waals surface area contributed by atoms with Crippen molar-refractivity contribution in [2.75, 3.05) is 38.8 Å². The van der Waals surface area contributed by atoms with Crippen LogP contribution in [-0.2, 0) is 4.74 Å². The van der Waals surface area contributed by atoms with Crippen molar-refractivity contribution >= 4 is 33.9 Å². The summed E-state index contributed by atoms with van der Waals surface area (Å²) in [5, 5.41) is 3.73. The molecule has 6 nitrogen and oxygen atoms in total. The maximum absolute atomic E-state index is 12.1. The molecule has 1 rings (SSSR count). The fraction of sp³-hybridized carbons (Fsp3) is 0.538. The van der Waals surface area contributed by atoms with Crippen LogP contribution < -0.4 is 11.1 Å². The molecule has 0 bridgehead atoms. The van der Waals surface area contributed by atoms with Crippen LogP contribution in [0.15, 0.2) is 0 Å². The van der Waals surface area contributed by atoms with E-state index in [2.05, 4.69) is 5.32 Å². The lowest BCUT2D eigenvalue weighted by Gasteiger charge is -2.08. The molecular formula is C13H21N3O3S. The lowest BCUT2D eigenvalue weighted by molar-refractivity contribution is 0.0603. The van der Waals surface area contributed by atoms with Crippen molar-refractivity contribution < 1.29 is 14.3 Å². The summed E-state index contributed by atoms with van der Waals surface area (Å²) in [5.74, 6) is -0.366. The topological polar surface area (TPSA) is 84.7 Å². The molecule has 0 aliphatic rings. The van der Waals surface area contributed by atoms with Gasteiger partial charge in [-0.2, -0.15) is 0 Å². The number of rotatable bonds is 5. The number of hydrogen-bond donors (Lipinski definition) is 2. The third-order valence-corrected chi connectivity index (χ3v) is 3.76. The van der Waals surface area contributed by atoms with Crippen LogP contribution in [0.4, 0.5) is 10.7 Å². The van der Waals surface area contributed by atoms with Crippen LogP contribution in [0.3, 0.4) is 0 Å². The number of anilines is 2.